The smallest absolute Gasteiger partial charge is 0.141 e. The van der Waals surface area contributed by atoms with Gasteiger partial charge < -0.3 is 10.2 Å². The van der Waals surface area contributed by atoms with Crippen molar-refractivity contribution in [1.82, 2.24) is 0 Å². The van der Waals surface area contributed by atoms with Crippen LogP contribution in [0, 0.1) is 5.82 Å². The average molecular weight is 307 g/mol. The van der Waals surface area contributed by atoms with Crippen molar-refractivity contribution in [2.45, 2.75) is 20.4 Å². The molecule has 0 amide bonds. The fourth-order valence-corrected chi connectivity index (χ4v) is 2.40. The second-order valence-electron chi connectivity index (χ2n) is 4.82. The lowest BCUT2D eigenvalue weighted by Gasteiger charge is -2.21. The summed E-state index contributed by atoms with van der Waals surface area (Å²) in [6, 6.07) is 13.1. The van der Waals surface area contributed by atoms with E-state index in [0.29, 0.717) is 6.54 Å². The molecule has 2 aromatic carbocycles. The number of hydrogen-bond acceptors (Lipinski definition) is 2. The van der Waals surface area contributed by atoms with E-state index in [0.717, 1.165) is 18.8 Å². The van der Waals surface area contributed by atoms with Gasteiger partial charge in [0.2, 0.25) is 0 Å². The van der Waals surface area contributed by atoms with Crippen LogP contribution in [0.15, 0.2) is 42.5 Å². The molecule has 2 rings (SSSR count). The van der Waals surface area contributed by atoms with E-state index in [2.05, 4.69) is 48.3 Å². The molecule has 21 heavy (non-hydrogen) atoms. The Kier molecular flexibility index (Phi) is 5.45. The van der Waals surface area contributed by atoms with Gasteiger partial charge in [-0.1, -0.05) is 23.7 Å². The summed E-state index contributed by atoms with van der Waals surface area (Å²) in [7, 11) is 0. The summed E-state index contributed by atoms with van der Waals surface area (Å²) in [6.45, 7) is 6.99. The SMILES string of the molecule is CCN(CC)c1ccc(CNc2ccc(F)c(Cl)c2)cc1. The Balaban J connectivity index is 1.98. The highest BCUT2D eigenvalue weighted by Crippen LogP contribution is 2.20. The molecule has 0 spiro atoms. The summed E-state index contributed by atoms with van der Waals surface area (Å²) in [5.74, 6) is -0.397. The number of nitrogens with zero attached hydrogens (tertiary/aromatic N) is 1. The summed E-state index contributed by atoms with van der Waals surface area (Å²) in [6.07, 6.45) is 0. The Morgan fingerprint density at radius 1 is 1.05 bits per heavy atom. The molecule has 0 aliphatic carbocycles. The standard InChI is InChI=1S/C17H20ClFN2/c1-3-21(4-2)15-8-5-13(6-9-15)12-20-14-7-10-17(19)16(18)11-14/h5-11,20H,3-4,12H2,1-2H3. The van der Waals surface area contributed by atoms with Crippen LogP contribution in [-0.4, -0.2) is 13.1 Å². The van der Waals surface area contributed by atoms with Crippen LogP contribution < -0.4 is 10.2 Å². The third kappa shape index (κ3) is 4.11. The molecule has 0 saturated heterocycles. The van der Waals surface area contributed by atoms with Crippen molar-refractivity contribution in [2.24, 2.45) is 0 Å². The minimum atomic E-state index is -0.397. The monoisotopic (exact) mass is 306 g/mol. The maximum absolute atomic E-state index is 13.1. The number of halogens is 2. The molecule has 2 nitrogen and oxygen atoms in total. The van der Waals surface area contributed by atoms with Crippen LogP contribution in [-0.2, 0) is 6.54 Å². The van der Waals surface area contributed by atoms with E-state index in [1.807, 2.05) is 0 Å². The molecule has 0 aliphatic heterocycles. The van der Waals surface area contributed by atoms with Gasteiger partial charge in [-0.2, -0.15) is 0 Å². The van der Waals surface area contributed by atoms with E-state index in [-0.39, 0.29) is 5.02 Å². The van der Waals surface area contributed by atoms with E-state index < -0.39 is 5.82 Å². The molecule has 2 aromatic rings. The summed E-state index contributed by atoms with van der Waals surface area (Å²) in [5.41, 5.74) is 3.22. The van der Waals surface area contributed by atoms with E-state index >= 15 is 0 Å². The van der Waals surface area contributed by atoms with Gasteiger partial charge in [-0.3, -0.25) is 0 Å². The van der Waals surface area contributed by atoms with Crippen LogP contribution in [0.4, 0.5) is 15.8 Å². The summed E-state index contributed by atoms with van der Waals surface area (Å²) >= 11 is 5.76. The molecular weight excluding hydrogens is 287 g/mol. The Bertz CT molecular complexity index is 580. The molecule has 0 aliphatic rings. The molecule has 112 valence electrons. The molecule has 1 N–H and O–H groups in total. The van der Waals surface area contributed by atoms with Crippen molar-refractivity contribution in [1.29, 1.82) is 0 Å². The van der Waals surface area contributed by atoms with E-state index in [1.165, 1.54) is 17.3 Å². The number of nitrogens with one attached hydrogen (secondary N) is 1. The second-order valence-corrected chi connectivity index (χ2v) is 5.23. The first kappa shape index (κ1) is 15.6. The van der Waals surface area contributed by atoms with Crippen LogP contribution in [0.2, 0.25) is 5.02 Å². The zero-order valence-corrected chi connectivity index (χ0v) is 13.1. The lowest BCUT2D eigenvalue weighted by molar-refractivity contribution is 0.628. The normalized spacial score (nSPS) is 10.5. The van der Waals surface area contributed by atoms with E-state index in [4.69, 9.17) is 11.6 Å². The van der Waals surface area contributed by atoms with Crippen molar-refractivity contribution in [2.75, 3.05) is 23.3 Å². The number of benzene rings is 2. The van der Waals surface area contributed by atoms with Crippen LogP contribution in [0.5, 0.6) is 0 Å². The third-order valence-corrected chi connectivity index (χ3v) is 3.77. The second kappa shape index (κ2) is 7.32. The van der Waals surface area contributed by atoms with Gasteiger partial charge in [0.1, 0.15) is 5.82 Å². The quantitative estimate of drug-likeness (QED) is 0.813. The zero-order chi connectivity index (χ0) is 15.2. The fraction of sp³-hybridized carbons (Fsp3) is 0.294. The van der Waals surface area contributed by atoms with Gasteiger partial charge in [0, 0.05) is 31.0 Å². The topological polar surface area (TPSA) is 15.3 Å². The van der Waals surface area contributed by atoms with E-state index in [9.17, 15) is 4.39 Å². The number of hydrogen-bond donors (Lipinski definition) is 1. The molecule has 0 fully saturated rings. The molecule has 0 radical (unpaired) electrons. The molecule has 0 aromatic heterocycles. The fourth-order valence-electron chi connectivity index (χ4n) is 2.22. The highest BCUT2D eigenvalue weighted by Gasteiger charge is 2.03. The summed E-state index contributed by atoms with van der Waals surface area (Å²) < 4.78 is 13.1. The van der Waals surface area contributed by atoms with Gasteiger partial charge in [-0.05, 0) is 49.7 Å². The Morgan fingerprint density at radius 3 is 2.29 bits per heavy atom. The van der Waals surface area contributed by atoms with Gasteiger partial charge in [0.05, 0.1) is 5.02 Å². The summed E-state index contributed by atoms with van der Waals surface area (Å²) in [4.78, 5) is 2.30. The van der Waals surface area contributed by atoms with Gasteiger partial charge in [-0.25, -0.2) is 4.39 Å². The van der Waals surface area contributed by atoms with Crippen molar-refractivity contribution >= 4 is 23.0 Å². The first-order valence-corrected chi connectivity index (χ1v) is 7.54. The molecule has 4 heteroatoms. The first-order valence-electron chi connectivity index (χ1n) is 7.16. The lowest BCUT2D eigenvalue weighted by atomic mass is 10.2. The molecule has 0 heterocycles. The minimum absolute atomic E-state index is 0.136. The molecule has 0 saturated carbocycles. The van der Waals surface area contributed by atoms with Gasteiger partial charge in [0.15, 0.2) is 0 Å². The average Bonchev–Trinajstić information content (AvgIpc) is 2.51. The Hall–Kier alpha value is -1.74. The Morgan fingerprint density at radius 2 is 1.71 bits per heavy atom. The molecule has 0 bridgehead atoms. The third-order valence-electron chi connectivity index (χ3n) is 3.48. The van der Waals surface area contributed by atoms with Crippen molar-refractivity contribution in [3.63, 3.8) is 0 Å². The summed E-state index contributed by atoms with van der Waals surface area (Å²) in [5, 5.41) is 3.38. The predicted octanol–water partition coefficient (Wildman–Crippen LogP) is 4.94. The predicted molar refractivity (Wildman–Crippen MR) is 88.7 cm³/mol. The Labute approximate surface area is 130 Å². The molecule has 0 unspecified atom stereocenters. The number of anilines is 2. The molecular formula is C17H20ClFN2. The van der Waals surface area contributed by atoms with Gasteiger partial charge in [0.25, 0.3) is 0 Å². The maximum Gasteiger partial charge on any atom is 0.141 e. The highest BCUT2D eigenvalue weighted by molar-refractivity contribution is 6.31. The van der Waals surface area contributed by atoms with Gasteiger partial charge >= 0.3 is 0 Å². The van der Waals surface area contributed by atoms with Crippen LogP contribution in [0.3, 0.4) is 0 Å². The van der Waals surface area contributed by atoms with Crippen LogP contribution in [0.1, 0.15) is 19.4 Å². The maximum atomic E-state index is 13.1. The largest absolute Gasteiger partial charge is 0.381 e. The minimum Gasteiger partial charge on any atom is -0.381 e. The van der Waals surface area contributed by atoms with Crippen molar-refractivity contribution in [3.8, 4) is 0 Å². The first-order chi connectivity index (χ1) is 10.1. The lowest BCUT2D eigenvalue weighted by Crippen LogP contribution is -2.21. The van der Waals surface area contributed by atoms with E-state index in [1.54, 1.807) is 12.1 Å². The van der Waals surface area contributed by atoms with Crippen molar-refractivity contribution < 1.29 is 4.39 Å². The van der Waals surface area contributed by atoms with Crippen LogP contribution >= 0.6 is 11.6 Å². The zero-order valence-electron chi connectivity index (χ0n) is 12.4. The number of rotatable bonds is 6. The van der Waals surface area contributed by atoms with Crippen LogP contribution in [0.25, 0.3) is 0 Å². The highest BCUT2D eigenvalue weighted by atomic mass is 35.5. The molecule has 0 atom stereocenters. The van der Waals surface area contributed by atoms with Crippen molar-refractivity contribution in [3.05, 3.63) is 58.9 Å². The van der Waals surface area contributed by atoms with Gasteiger partial charge in [-0.15, -0.1) is 0 Å².